The van der Waals surface area contributed by atoms with Gasteiger partial charge in [-0.3, -0.25) is 19.2 Å². The zero-order valence-electron chi connectivity index (χ0n) is 15.1. The molecule has 9 heteroatoms. The van der Waals surface area contributed by atoms with Crippen molar-refractivity contribution in [3.8, 4) is 0 Å². The summed E-state index contributed by atoms with van der Waals surface area (Å²) in [6.07, 6.45) is -0.156. The smallest absolute Gasteiger partial charge is 0.284 e. The first-order valence-corrected chi connectivity index (χ1v) is 9.05. The standard InChI is InChI=1S/C18H23ClN4O4/c1-12(24)21-14(6-7-16(25)17(20)26)18(27)23-10-8-22(9-11-23)15-5-3-2-4-13(15)19/h2-5,14H,6-11H2,1H3,(H2,20,26)(H,21,24). The number of hydrogen-bond acceptors (Lipinski definition) is 5. The van der Waals surface area contributed by atoms with E-state index in [1.165, 1.54) is 6.92 Å². The van der Waals surface area contributed by atoms with Crippen LogP contribution in [0.4, 0.5) is 5.69 Å². The molecule has 1 fully saturated rings. The lowest BCUT2D eigenvalue weighted by Crippen LogP contribution is -2.55. The second-order valence-electron chi connectivity index (χ2n) is 6.34. The molecular weight excluding hydrogens is 372 g/mol. The van der Waals surface area contributed by atoms with Gasteiger partial charge >= 0.3 is 0 Å². The van der Waals surface area contributed by atoms with Gasteiger partial charge < -0.3 is 20.9 Å². The van der Waals surface area contributed by atoms with E-state index in [1.54, 1.807) is 4.90 Å². The molecule has 8 nitrogen and oxygen atoms in total. The molecule has 1 atom stereocenters. The van der Waals surface area contributed by atoms with Crippen molar-refractivity contribution in [3.05, 3.63) is 29.3 Å². The van der Waals surface area contributed by atoms with Crippen molar-refractivity contribution < 1.29 is 19.2 Å². The topological polar surface area (TPSA) is 113 Å². The predicted octanol–water partition coefficient (Wildman–Crippen LogP) is 0.328. The van der Waals surface area contributed by atoms with Crippen LogP contribution in [0.15, 0.2) is 24.3 Å². The number of carbonyl (C=O) groups excluding carboxylic acids is 4. The van der Waals surface area contributed by atoms with E-state index in [1.807, 2.05) is 24.3 Å². The highest BCUT2D eigenvalue weighted by Gasteiger charge is 2.29. The first-order valence-electron chi connectivity index (χ1n) is 8.67. The van der Waals surface area contributed by atoms with Crippen LogP contribution < -0.4 is 16.0 Å². The molecule has 1 aliphatic rings. The fourth-order valence-corrected chi connectivity index (χ4v) is 3.25. The number of halogens is 1. The number of benzene rings is 1. The van der Waals surface area contributed by atoms with E-state index < -0.39 is 17.7 Å². The molecule has 2 rings (SSSR count). The van der Waals surface area contributed by atoms with E-state index >= 15 is 0 Å². The minimum atomic E-state index is -1.04. The SMILES string of the molecule is CC(=O)NC(CCC(=O)C(N)=O)C(=O)N1CCN(c2ccccc2Cl)CC1. The third-order valence-corrected chi connectivity index (χ3v) is 4.71. The molecule has 3 amide bonds. The summed E-state index contributed by atoms with van der Waals surface area (Å²) in [6, 6.07) is 6.64. The van der Waals surface area contributed by atoms with Gasteiger partial charge in [-0.25, -0.2) is 0 Å². The van der Waals surface area contributed by atoms with Crippen molar-refractivity contribution in [2.45, 2.75) is 25.8 Å². The number of amides is 3. The average Bonchev–Trinajstić information content (AvgIpc) is 2.64. The highest BCUT2D eigenvalue weighted by molar-refractivity contribution is 6.35. The van der Waals surface area contributed by atoms with Crippen molar-refractivity contribution in [2.75, 3.05) is 31.1 Å². The summed E-state index contributed by atoms with van der Waals surface area (Å²) in [4.78, 5) is 50.2. The van der Waals surface area contributed by atoms with Crippen LogP contribution in [0.5, 0.6) is 0 Å². The Morgan fingerprint density at radius 2 is 1.78 bits per heavy atom. The molecular formula is C18H23ClN4O4. The van der Waals surface area contributed by atoms with Crippen LogP contribution in [0.2, 0.25) is 5.02 Å². The summed E-state index contributed by atoms with van der Waals surface area (Å²) < 4.78 is 0. The Morgan fingerprint density at radius 1 is 1.15 bits per heavy atom. The van der Waals surface area contributed by atoms with Gasteiger partial charge in [0.2, 0.25) is 17.6 Å². The molecule has 1 aromatic rings. The lowest BCUT2D eigenvalue weighted by Gasteiger charge is -2.38. The van der Waals surface area contributed by atoms with Gasteiger partial charge in [0.25, 0.3) is 5.91 Å². The minimum absolute atomic E-state index is 0.0327. The summed E-state index contributed by atoms with van der Waals surface area (Å²) in [5.41, 5.74) is 5.85. The molecule has 0 bridgehead atoms. The summed E-state index contributed by atoms with van der Waals surface area (Å²) in [5.74, 6) is -2.46. The second kappa shape index (κ2) is 9.36. The van der Waals surface area contributed by atoms with Crippen molar-refractivity contribution in [1.29, 1.82) is 0 Å². The molecule has 0 aromatic heterocycles. The number of carbonyl (C=O) groups is 4. The first-order chi connectivity index (χ1) is 12.8. The fourth-order valence-electron chi connectivity index (χ4n) is 3.00. The molecule has 0 saturated carbocycles. The Kier molecular flexibility index (Phi) is 7.18. The third-order valence-electron chi connectivity index (χ3n) is 4.39. The number of nitrogens with zero attached hydrogens (tertiary/aromatic N) is 2. The van der Waals surface area contributed by atoms with Crippen LogP contribution in [0.1, 0.15) is 19.8 Å². The highest BCUT2D eigenvalue weighted by atomic mass is 35.5. The molecule has 1 aliphatic heterocycles. The number of anilines is 1. The van der Waals surface area contributed by atoms with Crippen LogP contribution in [-0.4, -0.2) is 60.6 Å². The maximum Gasteiger partial charge on any atom is 0.284 e. The summed E-state index contributed by atoms with van der Waals surface area (Å²) >= 11 is 6.22. The van der Waals surface area contributed by atoms with Crippen molar-refractivity contribution >= 4 is 40.8 Å². The van der Waals surface area contributed by atoms with E-state index in [9.17, 15) is 19.2 Å². The van der Waals surface area contributed by atoms with Crippen molar-refractivity contribution in [1.82, 2.24) is 10.2 Å². The van der Waals surface area contributed by atoms with E-state index in [0.717, 1.165) is 5.69 Å². The first kappa shape index (κ1) is 20.7. The lowest BCUT2D eigenvalue weighted by atomic mass is 10.1. The van der Waals surface area contributed by atoms with Crippen LogP contribution in [-0.2, 0) is 19.2 Å². The van der Waals surface area contributed by atoms with E-state index in [2.05, 4.69) is 10.2 Å². The lowest BCUT2D eigenvalue weighted by molar-refractivity contribution is -0.138. The Balaban J connectivity index is 1.97. The number of piperazine rings is 1. The molecule has 3 N–H and O–H groups in total. The Morgan fingerprint density at radius 3 is 2.33 bits per heavy atom. The zero-order valence-corrected chi connectivity index (χ0v) is 15.9. The quantitative estimate of drug-likeness (QED) is 0.647. The van der Waals surface area contributed by atoms with Crippen LogP contribution >= 0.6 is 11.6 Å². The minimum Gasteiger partial charge on any atom is -0.367 e. The van der Waals surface area contributed by atoms with E-state index in [4.69, 9.17) is 17.3 Å². The largest absolute Gasteiger partial charge is 0.367 e. The summed E-state index contributed by atoms with van der Waals surface area (Å²) in [7, 11) is 0. The predicted molar refractivity (Wildman–Crippen MR) is 101 cm³/mol. The highest BCUT2D eigenvalue weighted by Crippen LogP contribution is 2.26. The summed E-state index contributed by atoms with van der Waals surface area (Å²) in [6.45, 7) is 3.42. The zero-order chi connectivity index (χ0) is 20.0. The molecule has 1 heterocycles. The van der Waals surface area contributed by atoms with Gasteiger partial charge in [0.15, 0.2) is 0 Å². The molecule has 27 heavy (non-hydrogen) atoms. The van der Waals surface area contributed by atoms with Gasteiger partial charge in [0.1, 0.15) is 6.04 Å². The van der Waals surface area contributed by atoms with Crippen LogP contribution in [0.3, 0.4) is 0 Å². The Bertz CT molecular complexity index is 732. The van der Waals surface area contributed by atoms with E-state index in [0.29, 0.717) is 31.2 Å². The number of nitrogens with two attached hydrogens (primary N) is 1. The second-order valence-corrected chi connectivity index (χ2v) is 6.75. The van der Waals surface area contributed by atoms with Gasteiger partial charge in [0, 0.05) is 39.5 Å². The van der Waals surface area contributed by atoms with Gasteiger partial charge in [-0.1, -0.05) is 23.7 Å². The number of primary amides is 1. The maximum atomic E-state index is 12.8. The molecule has 1 unspecified atom stereocenters. The van der Waals surface area contributed by atoms with Crippen molar-refractivity contribution in [2.24, 2.45) is 5.73 Å². The molecule has 0 spiro atoms. The average molecular weight is 395 g/mol. The monoisotopic (exact) mass is 394 g/mol. The van der Waals surface area contributed by atoms with Gasteiger partial charge in [-0.2, -0.15) is 0 Å². The van der Waals surface area contributed by atoms with Gasteiger partial charge in [-0.15, -0.1) is 0 Å². The van der Waals surface area contributed by atoms with E-state index in [-0.39, 0.29) is 24.7 Å². The third kappa shape index (κ3) is 5.68. The normalized spacial score (nSPS) is 15.2. The van der Waals surface area contributed by atoms with Crippen LogP contribution in [0, 0.1) is 0 Å². The van der Waals surface area contributed by atoms with Crippen molar-refractivity contribution in [3.63, 3.8) is 0 Å². The Hall–Kier alpha value is -2.61. The molecule has 146 valence electrons. The molecule has 0 radical (unpaired) electrons. The summed E-state index contributed by atoms with van der Waals surface area (Å²) in [5, 5.41) is 3.21. The number of Topliss-reactive ketones (excluding diaryl/α,β-unsaturated/α-hetero) is 1. The Labute approximate surface area is 162 Å². The van der Waals surface area contributed by atoms with Crippen LogP contribution in [0.25, 0.3) is 0 Å². The number of para-hydroxylation sites is 1. The molecule has 0 aliphatic carbocycles. The number of rotatable bonds is 7. The number of nitrogens with one attached hydrogen (secondary N) is 1. The number of hydrogen-bond donors (Lipinski definition) is 2. The molecule has 1 aromatic carbocycles. The van der Waals surface area contributed by atoms with Gasteiger partial charge in [0.05, 0.1) is 10.7 Å². The van der Waals surface area contributed by atoms with Gasteiger partial charge in [-0.05, 0) is 18.6 Å². The molecule has 1 saturated heterocycles. The maximum absolute atomic E-state index is 12.8. The number of ketones is 1. The fraction of sp³-hybridized carbons (Fsp3) is 0.444.